The highest BCUT2D eigenvalue weighted by atomic mass is 35.7. The number of hydrogen-bond acceptors (Lipinski definition) is 4. The zero-order valence-electron chi connectivity index (χ0n) is 13.8. The molecule has 0 aromatic heterocycles. The second kappa shape index (κ2) is 7.91. The zero-order valence-corrected chi connectivity index (χ0v) is 14.6. The van der Waals surface area contributed by atoms with Crippen LogP contribution >= 0.6 is 0 Å². The van der Waals surface area contributed by atoms with Crippen LogP contribution in [0.25, 0.3) is 0 Å². The van der Waals surface area contributed by atoms with Crippen LogP contribution in [0.1, 0.15) is 23.0 Å². The molecule has 5 heteroatoms. The van der Waals surface area contributed by atoms with Crippen LogP contribution in [-0.4, -0.2) is 0 Å². The number of hydrogen-bond donors (Lipinski definition) is 0. The summed E-state index contributed by atoms with van der Waals surface area (Å²) in [4.78, 5) is 0. The van der Waals surface area contributed by atoms with E-state index >= 15 is 0 Å². The van der Waals surface area contributed by atoms with Crippen molar-refractivity contribution in [2.24, 2.45) is 0 Å². The Morgan fingerprint density at radius 2 is 1.15 bits per heavy atom. The molecule has 2 unspecified atom stereocenters. The Balaban J connectivity index is 0.000000349. The van der Waals surface area contributed by atoms with Crippen LogP contribution in [0.5, 0.6) is 0 Å². The Labute approximate surface area is 154 Å². The molecule has 0 saturated heterocycles. The van der Waals surface area contributed by atoms with Crippen molar-refractivity contribution in [1.29, 1.82) is 0 Å². The lowest BCUT2D eigenvalue weighted by Gasteiger charge is -2.17. The molecule has 0 radical (unpaired) electrons. The number of allylic oxidation sites excluding steroid dienone is 6. The fourth-order valence-electron chi connectivity index (χ4n) is 3.32. The van der Waals surface area contributed by atoms with Gasteiger partial charge in [0.25, 0.3) is 0 Å². The minimum Gasteiger partial charge on any atom is -0.222 e. The summed E-state index contributed by atoms with van der Waals surface area (Å²) < 4.78 is 34.0. The van der Waals surface area contributed by atoms with Crippen molar-refractivity contribution in [1.82, 2.24) is 0 Å². The van der Waals surface area contributed by atoms with E-state index in [1.54, 1.807) is 5.57 Å². The third-order valence-corrected chi connectivity index (χ3v) is 4.32. The maximum Gasteiger partial charge on any atom is 0.0962 e. The summed E-state index contributed by atoms with van der Waals surface area (Å²) in [6, 6.07) is 21.7. The molecule has 2 aromatic rings. The minimum atomic E-state index is -4.94. The molecule has 2 aliphatic rings. The highest BCUT2D eigenvalue weighted by molar-refractivity contribution is 5.61. The van der Waals surface area contributed by atoms with Crippen molar-refractivity contribution >= 4 is 0 Å². The van der Waals surface area contributed by atoms with Gasteiger partial charge in [-0.15, -0.1) is 10.2 Å². The average Bonchev–Trinajstić information content (AvgIpc) is 3.38. The van der Waals surface area contributed by atoms with E-state index in [1.165, 1.54) is 16.7 Å². The normalized spacial score (nSPS) is 20.9. The van der Waals surface area contributed by atoms with Gasteiger partial charge in [0.05, 0.1) is 17.4 Å². The third-order valence-electron chi connectivity index (χ3n) is 4.32. The van der Waals surface area contributed by atoms with Gasteiger partial charge in [-0.05, 0) is 11.1 Å². The topological polar surface area (TPSA) is 92.2 Å². The van der Waals surface area contributed by atoms with Crippen LogP contribution in [0.4, 0.5) is 0 Å². The Hall–Kier alpha value is -2.34. The van der Waals surface area contributed by atoms with Gasteiger partial charge in [-0.25, -0.2) is 18.6 Å². The van der Waals surface area contributed by atoms with Crippen molar-refractivity contribution < 1.29 is 28.9 Å². The predicted octanol–water partition coefficient (Wildman–Crippen LogP) is 0.438. The van der Waals surface area contributed by atoms with Crippen LogP contribution in [0.3, 0.4) is 0 Å². The number of halogens is 1. The molecule has 0 amide bonds. The standard InChI is InChI=1S/C21H17.ClHO4/c1-4-10-16(11-5-1)19-20(17-12-6-2-7-13-17)21(19)18-14-8-3-9-15-18;2-1(3,4)5/h1-15,19-20H;(H,2,3,4,5)/q+1;/p-1. The molecule has 1 fully saturated rings. The first-order chi connectivity index (χ1) is 12.4. The molecule has 0 N–H and O–H groups in total. The molecule has 2 atom stereocenters. The van der Waals surface area contributed by atoms with E-state index in [0.717, 1.165) is 0 Å². The molecule has 0 spiro atoms. The van der Waals surface area contributed by atoms with Crippen molar-refractivity contribution in [3.8, 4) is 0 Å². The molecule has 26 heavy (non-hydrogen) atoms. The molecule has 4 rings (SSSR count). The maximum atomic E-state index is 8.49. The molecule has 0 bridgehead atoms. The van der Waals surface area contributed by atoms with Crippen LogP contribution in [0.2, 0.25) is 0 Å². The minimum absolute atomic E-state index is 0.524. The van der Waals surface area contributed by atoms with E-state index in [-0.39, 0.29) is 0 Å². The van der Waals surface area contributed by atoms with Crippen molar-refractivity contribution in [3.05, 3.63) is 114 Å². The lowest BCUT2D eigenvalue weighted by Crippen LogP contribution is -2.68. The SMILES string of the molecule is C1=C[CH+]C(=C2C(c3ccccc3)C2c2ccccc2)C=C1.[O-][Cl+3]([O-])([O-])[O-]. The molecule has 1 saturated carbocycles. The summed E-state index contributed by atoms with van der Waals surface area (Å²) in [6.07, 6.45) is 10.8. The van der Waals surface area contributed by atoms with Crippen LogP contribution in [0.15, 0.2) is 96.1 Å². The molecule has 0 aliphatic heterocycles. The van der Waals surface area contributed by atoms with Gasteiger partial charge < -0.3 is 0 Å². The number of benzene rings is 2. The van der Waals surface area contributed by atoms with Crippen molar-refractivity contribution in [2.75, 3.05) is 0 Å². The van der Waals surface area contributed by atoms with Gasteiger partial charge in [-0.1, -0.05) is 60.7 Å². The summed E-state index contributed by atoms with van der Waals surface area (Å²) in [5, 5.41) is 0. The van der Waals surface area contributed by atoms with E-state index in [1.807, 2.05) is 0 Å². The fourth-order valence-corrected chi connectivity index (χ4v) is 3.32. The monoisotopic (exact) mass is 368 g/mol. The first-order valence-corrected chi connectivity index (χ1v) is 9.32. The zero-order chi connectivity index (χ0) is 18.6. The molecule has 132 valence electrons. The van der Waals surface area contributed by atoms with Gasteiger partial charge >= 0.3 is 0 Å². The Bertz CT molecular complexity index is 767. The smallest absolute Gasteiger partial charge is 0.0962 e. The van der Waals surface area contributed by atoms with E-state index in [9.17, 15) is 0 Å². The van der Waals surface area contributed by atoms with Crippen LogP contribution in [-0.2, 0) is 0 Å². The summed E-state index contributed by atoms with van der Waals surface area (Å²) in [5.74, 6) is 1.05. The van der Waals surface area contributed by atoms with Crippen molar-refractivity contribution in [3.63, 3.8) is 0 Å². The summed E-state index contributed by atoms with van der Waals surface area (Å²) in [6.45, 7) is 0. The van der Waals surface area contributed by atoms with Gasteiger partial charge in [-0.3, -0.25) is 0 Å². The Morgan fingerprint density at radius 1 is 0.692 bits per heavy atom. The highest BCUT2D eigenvalue weighted by Gasteiger charge is 2.52. The van der Waals surface area contributed by atoms with Gasteiger partial charge in [0.1, 0.15) is 0 Å². The van der Waals surface area contributed by atoms with Gasteiger partial charge in [0.2, 0.25) is 0 Å². The van der Waals surface area contributed by atoms with Gasteiger partial charge in [0.15, 0.2) is 0 Å². The molecule has 2 aromatic carbocycles. The predicted molar refractivity (Wildman–Crippen MR) is 88.0 cm³/mol. The summed E-state index contributed by atoms with van der Waals surface area (Å²) in [7, 11) is -4.94. The maximum absolute atomic E-state index is 8.49. The quantitative estimate of drug-likeness (QED) is 0.719. The van der Waals surface area contributed by atoms with E-state index in [0.29, 0.717) is 11.8 Å². The summed E-state index contributed by atoms with van der Waals surface area (Å²) in [5.41, 5.74) is 5.77. The van der Waals surface area contributed by atoms with Crippen LogP contribution < -0.4 is 18.6 Å². The molecule has 0 heterocycles. The van der Waals surface area contributed by atoms with E-state index < -0.39 is 10.2 Å². The Kier molecular flexibility index (Phi) is 5.61. The first kappa shape index (κ1) is 18.5. The summed E-state index contributed by atoms with van der Waals surface area (Å²) >= 11 is 0. The largest absolute Gasteiger partial charge is 0.222 e. The molecular weight excluding hydrogens is 352 g/mol. The Morgan fingerprint density at radius 3 is 1.54 bits per heavy atom. The van der Waals surface area contributed by atoms with E-state index in [4.69, 9.17) is 18.6 Å². The molecule has 2 aliphatic carbocycles. The number of rotatable bonds is 2. The van der Waals surface area contributed by atoms with Gasteiger partial charge in [-0.2, -0.15) is 0 Å². The second-order valence-electron chi connectivity index (χ2n) is 5.98. The first-order valence-electron chi connectivity index (χ1n) is 8.09. The molecule has 4 nitrogen and oxygen atoms in total. The second-order valence-corrected chi connectivity index (χ2v) is 6.73. The highest BCUT2D eigenvalue weighted by Crippen LogP contribution is 2.61. The van der Waals surface area contributed by atoms with Crippen LogP contribution in [0, 0.1) is 16.7 Å². The van der Waals surface area contributed by atoms with E-state index in [2.05, 4.69) is 91.4 Å². The third kappa shape index (κ3) is 4.85. The molecular formula is C21H17ClO4. The van der Waals surface area contributed by atoms with Crippen molar-refractivity contribution in [2.45, 2.75) is 11.8 Å². The lowest BCUT2D eigenvalue weighted by molar-refractivity contribution is -2.00. The fraction of sp³-hybridized carbons (Fsp3) is 0.0952. The van der Waals surface area contributed by atoms with Gasteiger partial charge in [0, 0.05) is 36.3 Å². The average molecular weight is 369 g/mol. The lowest BCUT2D eigenvalue weighted by atomic mass is 10.0.